The quantitative estimate of drug-likeness (QED) is 0.864. The van der Waals surface area contributed by atoms with Gasteiger partial charge in [0.2, 0.25) is 5.91 Å². The first kappa shape index (κ1) is 14.0. The van der Waals surface area contributed by atoms with Crippen LogP contribution in [-0.2, 0) is 14.3 Å². The third-order valence-corrected chi connectivity index (χ3v) is 4.26. The third-order valence-electron chi connectivity index (χ3n) is 3.19. The maximum absolute atomic E-state index is 12.2. The van der Waals surface area contributed by atoms with Gasteiger partial charge in [-0.1, -0.05) is 0 Å². The smallest absolute Gasteiger partial charge is 0.350 e. The van der Waals surface area contributed by atoms with Crippen LogP contribution in [0.15, 0.2) is 5.38 Å². The number of amides is 1. The van der Waals surface area contributed by atoms with Crippen molar-refractivity contribution in [3.8, 4) is 0 Å². The van der Waals surface area contributed by atoms with Gasteiger partial charge in [-0.3, -0.25) is 4.79 Å². The Morgan fingerprint density at radius 2 is 2.11 bits per heavy atom. The number of rotatable bonds is 3. The van der Waals surface area contributed by atoms with Crippen LogP contribution in [0.4, 0.5) is 5.69 Å². The number of hydrogen-bond donors (Lipinski definition) is 1. The summed E-state index contributed by atoms with van der Waals surface area (Å²) in [6.45, 7) is 3.09. The van der Waals surface area contributed by atoms with Crippen molar-refractivity contribution in [2.45, 2.75) is 19.8 Å². The molecule has 1 aliphatic heterocycles. The van der Waals surface area contributed by atoms with Gasteiger partial charge in [0.25, 0.3) is 0 Å². The molecule has 1 saturated heterocycles. The minimum absolute atomic E-state index is 0.0430. The van der Waals surface area contributed by atoms with E-state index in [2.05, 4.69) is 5.32 Å². The molecule has 5 nitrogen and oxygen atoms in total. The van der Waals surface area contributed by atoms with E-state index in [1.165, 1.54) is 18.4 Å². The first-order valence-electron chi connectivity index (χ1n) is 6.18. The van der Waals surface area contributed by atoms with Crippen molar-refractivity contribution in [2.75, 3.05) is 25.6 Å². The van der Waals surface area contributed by atoms with Crippen molar-refractivity contribution in [1.29, 1.82) is 0 Å². The van der Waals surface area contributed by atoms with Crippen LogP contribution in [0, 0.1) is 12.8 Å². The van der Waals surface area contributed by atoms with E-state index in [4.69, 9.17) is 9.47 Å². The highest BCUT2D eigenvalue weighted by molar-refractivity contribution is 7.12. The van der Waals surface area contributed by atoms with E-state index in [0.29, 0.717) is 23.8 Å². The summed E-state index contributed by atoms with van der Waals surface area (Å²) in [5.74, 6) is -0.506. The number of methoxy groups -OCH3 is 1. The summed E-state index contributed by atoms with van der Waals surface area (Å²) in [6, 6.07) is 0. The molecule has 0 bridgehead atoms. The van der Waals surface area contributed by atoms with Gasteiger partial charge in [-0.15, -0.1) is 11.3 Å². The average molecular weight is 283 g/mol. The van der Waals surface area contributed by atoms with Crippen LogP contribution in [-0.4, -0.2) is 32.2 Å². The Kier molecular flexibility index (Phi) is 4.55. The second kappa shape index (κ2) is 6.16. The van der Waals surface area contributed by atoms with E-state index in [1.807, 2.05) is 12.3 Å². The molecule has 0 atom stereocenters. The Balaban J connectivity index is 2.11. The third kappa shape index (κ3) is 3.13. The maximum Gasteiger partial charge on any atom is 0.350 e. The second-order valence-electron chi connectivity index (χ2n) is 4.49. The minimum Gasteiger partial charge on any atom is -0.465 e. The Hall–Kier alpha value is -1.40. The fourth-order valence-corrected chi connectivity index (χ4v) is 2.95. The first-order valence-corrected chi connectivity index (χ1v) is 7.06. The molecule has 1 fully saturated rings. The zero-order valence-electron chi connectivity index (χ0n) is 11.0. The predicted octanol–water partition coefficient (Wildman–Crippen LogP) is 2.21. The molecule has 1 aliphatic rings. The lowest BCUT2D eigenvalue weighted by molar-refractivity contribution is -0.122. The van der Waals surface area contributed by atoms with Gasteiger partial charge in [0.15, 0.2) is 0 Å². The average Bonchev–Trinajstić information content (AvgIpc) is 2.80. The largest absolute Gasteiger partial charge is 0.465 e. The fraction of sp³-hybridized carbons (Fsp3) is 0.538. The van der Waals surface area contributed by atoms with Crippen molar-refractivity contribution in [3.05, 3.63) is 15.8 Å². The van der Waals surface area contributed by atoms with Crippen LogP contribution in [0.3, 0.4) is 0 Å². The standard InChI is InChI=1S/C13H17NO4S/c1-8-7-19-11(13(16)17-2)10(8)14-12(15)9-3-5-18-6-4-9/h7,9H,3-6H2,1-2H3,(H,14,15). The number of thiophene rings is 1. The summed E-state index contributed by atoms with van der Waals surface area (Å²) in [7, 11) is 1.33. The number of carbonyl (C=O) groups excluding carboxylic acids is 2. The lowest BCUT2D eigenvalue weighted by atomic mass is 9.99. The van der Waals surface area contributed by atoms with Gasteiger partial charge in [0.1, 0.15) is 4.88 Å². The summed E-state index contributed by atoms with van der Waals surface area (Å²) >= 11 is 1.28. The fourth-order valence-electron chi connectivity index (χ4n) is 2.03. The van der Waals surface area contributed by atoms with Crippen LogP contribution in [0.25, 0.3) is 0 Å². The highest BCUT2D eigenvalue weighted by atomic mass is 32.1. The number of carbonyl (C=O) groups is 2. The van der Waals surface area contributed by atoms with Crippen LogP contribution < -0.4 is 5.32 Å². The maximum atomic E-state index is 12.2. The number of aryl methyl sites for hydroxylation is 1. The van der Waals surface area contributed by atoms with Crippen LogP contribution in [0.5, 0.6) is 0 Å². The van der Waals surface area contributed by atoms with Gasteiger partial charge in [0.05, 0.1) is 12.8 Å². The van der Waals surface area contributed by atoms with E-state index in [9.17, 15) is 9.59 Å². The number of anilines is 1. The van der Waals surface area contributed by atoms with Gasteiger partial charge < -0.3 is 14.8 Å². The van der Waals surface area contributed by atoms with Crippen molar-refractivity contribution in [1.82, 2.24) is 0 Å². The molecule has 0 saturated carbocycles. The van der Waals surface area contributed by atoms with E-state index < -0.39 is 5.97 Å². The lowest BCUT2D eigenvalue weighted by Crippen LogP contribution is -2.29. The van der Waals surface area contributed by atoms with Crippen molar-refractivity contribution < 1.29 is 19.1 Å². The molecule has 1 N–H and O–H groups in total. The monoisotopic (exact) mass is 283 g/mol. The normalized spacial score (nSPS) is 16.1. The van der Waals surface area contributed by atoms with E-state index in [-0.39, 0.29) is 11.8 Å². The molecular formula is C13H17NO4S. The molecule has 1 aromatic heterocycles. The van der Waals surface area contributed by atoms with E-state index in [1.54, 1.807) is 0 Å². The summed E-state index contributed by atoms with van der Waals surface area (Å²) in [6.07, 6.45) is 1.45. The molecule has 0 radical (unpaired) electrons. The van der Waals surface area contributed by atoms with Crippen LogP contribution in [0.1, 0.15) is 28.1 Å². The molecule has 0 aliphatic carbocycles. The summed E-state index contributed by atoms with van der Waals surface area (Å²) in [5, 5.41) is 4.70. The Morgan fingerprint density at radius 3 is 2.74 bits per heavy atom. The highest BCUT2D eigenvalue weighted by Gasteiger charge is 2.25. The topological polar surface area (TPSA) is 64.6 Å². The van der Waals surface area contributed by atoms with Crippen LogP contribution in [0.2, 0.25) is 0 Å². The van der Waals surface area contributed by atoms with Gasteiger partial charge in [-0.05, 0) is 30.7 Å². The molecule has 1 amide bonds. The second-order valence-corrected chi connectivity index (χ2v) is 5.37. The van der Waals surface area contributed by atoms with Crippen molar-refractivity contribution in [2.24, 2.45) is 5.92 Å². The predicted molar refractivity (Wildman–Crippen MR) is 72.6 cm³/mol. The first-order chi connectivity index (χ1) is 9.13. The molecule has 1 aromatic rings. The van der Waals surface area contributed by atoms with E-state index in [0.717, 1.165) is 18.4 Å². The molecular weight excluding hydrogens is 266 g/mol. The van der Waals surface area contributed by atoms with Crippen LogP contribution >= 0.6 is 11.3 Å². The number of ether oxygens (including phenoxy) is 2. The van der Waals surface area contributed by atoms with E-state index >= 15 is 0 Å². The number of hydrogen-bond acceptors (Lipinski definition) is 5. The van der Waals surface area contributed by atoms with Gasteiger partial charge in [-0.25, -0.2) is 4.79 Å². The van der Waals surface area contributed by atoms with Crippen molar-refractivity contribution in [3.63, 3.8) is 0 Å². The number of nitrogens with one attached hydrogen (secondary N) is 1. The summed E-state index contributed by atoms with van der Waals surface area (Å²) < 4.78 is 9.95. The zero-order valence-corrected chi connectivity index (χ0v) is 11.8. The lowest BCUT2D eigenvalue weighted by Gasteiger charge is -2.21. The molecule has 2 rings (SSSR count). The molecule has 0 aromatic carbocycles. The highest BCUT2D eigenvalue weighted by Crippen LogP contribution is 2.29. The van der Waals surface area contributed by atoms with Gasteiger partial charge >= 0.3 is 5.97 Å². The molecule has 0 unspecified atom stereocenters. The SMILES string of the molecule is COC(=O)c1scc(C)c1NC(=O)C1CCOCC1. The molecule has 19 heavy (non-hydrogen) atoms. The zero-order chi connectivity index (χ0) is 13.8. The molecule has 2 heterocycles. The minimum atomic E-state index is -0.416. The Labute approximate surface area is 115 Å². The Morgan fingerprint density at radius 1 is 1.42 bits per heavy atom. The number of esters is 1. The Bertz CT molecular complexity index is 477. The molecule has 0 spiro atoms. The molecule has 6 heteroatoms. The van der Waals surface area contributed by atoms with Crippen molar-refractivity contribution >= 4 is 28.9 Å². The van der Waals surface area contributed by atoms with Gasteiger partial charge in [-0.2, -0.15) is 0 Å². The van der Waals surface area contributed by atoms with Gasteiger partial charge in [0, 0.05) is 19.1 Å². The summed E-state index contributed by atoms with van der Waals surface area (Å²) in [5.41, 5.74) is 1.46. The molecule has 104 valence electrons. The summed E-state index contributed by atoms with van der Waals surface area (Å²) in [4.78, 5) is 24.2.